The molecule has 0 spiro atoms. The van der Waals surface area contributed by atoms with Crippen LogP contribution in [0.1, 0.15) is 44.6 Å². The van der Waals surface area contributed by atoms with Gasteiger partial charge in [0.05, 0.1) is 0 Å². The number of hydrogen-bond acceptors (Lipinski definition) is 2. The zero-order valence-corrected chi connectivity index (χ0v) is 11.7. The second-order valence-electron chi connectivity index (χ2n) is 5.86. The third-order valence-corrected chi connectivity index (χ3v) is 4.22. The van der Waals surface area contributed by atoms with Crippen molar-refractivity contribution in [3.8, 4) is 5.75 Å². The molecule has 2 nitrogen and oxygen atoms in total. The zero-order valence-electron chi connectivity index (χ0n) is 11.7. The van der Waals surface area contributed by atoms with Crippen molar-refractivity contribution in [3.63, 3.8) is 0 Å². The Morgan fingerprint density at radius 3 is 2.74 bits per heavy atom. The summed E-state index contributed by atoms with van der Waals surface area (Å²) in [5.41, 5.74) is 0.636. The van der Waals surface area contributed by atoms with E-state index in [0.29, 0.717) is 12.1 Å². The van der Waals surface area contributed by atoms with Crippen molar-refractivity contribution in [1.82, 2.24) is 5.32 Å². The van der Waals surface area contributed by atoms with Crippen molar-refractivity contribution in [1.29, 1.82) is 0 Å². The molecule has 0 amide bonds. The normalized spacial score (nSPS) is 23.5. The van der Waals surface area contributed by atoms with Gasteiger partial charge in [-0.15, -0.1) is 0 Å². The molecule has 0 aromatic heterocycles. The third kappa shape index (κ3) is 4.50. The molecule has 0 atom stereocenters. The lowest BCUT2D eigenvalue weighted by Crippen LogP contribution is -2.20. The minimum Gasteiger partial charge on any atom is -0.508 e. The predicted octanol–water partition coefficient (Wildman–Crippen LogP) is 3.84. The monoisotopic (exact) mass is 265 g/mol. The molecule has 0 radical (unpaired) electrons. The van der Waals surface area contributed by atoms with Crippen molar-refractivity contribution in [2.45, 2.75) is 45.6 Å². The molecule has 0 bridgehead atoms. The first-order valence-electron chi connectivity index (χ1n) is 7.33. The Balaban J connectivity index is 1.68. The molecule has 2 rings (SSSR count). The van der Waals surface area contributed by atoms with E-state index in [9.17, 15) is 9.50 Å². The van der Waals surface area contributed by atoms with Gasteiger partial charge in [0.1, 0.15) is 11.6 Å². The van der Waals surface area contributed by atoms with Crippen LogP contribution in [0.25, 0.3) is 0 Å². The van der Waals surface area contributed by atoms with E-state index in [2.05, 4.69) is 12.2 Å². The lowest BCUT2D eigenvalue weighted by atomic mass is 9.81. The molecule has 0 heterocycles. The minimum absolute atomic E-state index is 0.167. The maximum Gasteiger partial charge on any atom is 0.123 e. The minimum atomic E-state index is -0.295. The van der Waals surface area contributed by atoms with Crippen molar-refractivity contribution >= 4 is 0 Å². The van der Waals surface area contributed by atoms with Crippen molar-refractivity contribution in [2.24, 2.45) is 11.8 Å². The molecular weight excluding hydrogens is 241 g/mol. The highest BCUT2D eigenvalue weighted by molar-refractivity contribution is 5.32. The molecule has 1 saturated carbocycles. The molecule has 1 aliphatic rings. The van der Waals surface area contributed by atoms with Crippen LogP contribution in [0, 0.1) is 17.7 Å². The maximum atomic E-state index is 13.0. The third-order valence-electron chi connectivity index (χ3n) is 4.22. The lowest BCUT2D eigenvalue weighted by molar-refractivity contribution is 0.275. The Kier molecular flexibility index (Phi) is 5.20. The van der Waals surface area contributed by atoms with Crippen molar-refractivity contribution in [3.05, 3.63) is 29.6 Å². The number of benzene rings is 1. The van der Waals surface area contributed by atoms with Gasteiger partial charge in [0.25, 0.3) is 0 Å². The van der Waals surface area contributed by atoms with E-state index in [0.717, 1.165) is 18.4 Å². The van der Waals surface area contributed by atoms with E-state index >= 15 is 0 Å². The average Bonchev–Trinajstić information content (AvgIpc) is 2.40. The summed E-state index contributed by atoms with van der Waals surface area (Å²) >= 11 is 0. The van der Waals surface area contributed by atoms with E-state index in [-0.39, 0.29) is 11.6 Å². The molecule has 106 valence electrons. The Bertz CT molecular complexity index is 400. The summed E-state index contributed by atoms with van der Waals surface area (Å²) in [6.45, 7) is 3.81. The summed E-state index contributed by atoms with van der Waals surface area (Å²) in [6, 6.07) is 4.08. The zero-order chi connectivity index (χ0) is 13.7. The number of phenols is 1. The number of phenolic OH excluding ortho intramolecular Hbond substituents is 1. The van der Waals surface area contributed by atoms with E-state index in [1.807, 2.05) is 0 Å². The van der Waals surface area contributed by atoms with Gasteiger partial charge >= 0.3 is 0 Å². The van der Waals surface area contributed by atoms with E-state index in [4.69, 9.17) is 0 Å². The van der Waals surface area contributed by atoms with Crippen LogP contribution < -0.4 is 5.32 Å². The van der Waals surface area contributed by atoms with Gasteiger partial charge in [-0.05, 0) is 43.0 Å². The highest BCUT2D eigenvalue weighted by atomic mass is 19.1. The first-order valence-corrected chi connectivity index (χ1v) is 7.33. The molecule has 1 aromatic carbocycles. The fourth-order valence-electron chi connectivity index (χ4n) is 2.84. The summed E-state index contributed by atoms with van der Waals surface area (Å²) < 4.78 is 13.0. The van der Waals surface area contributed by atoms with Gasteiger partial charge in [0.2, 0.25) is 0 Å². The highest BCUT2D eigenvalue weighted by Crippen LogP contribution is 2.30. The SMILES string of the molecule is CC1CCC(CCNCc2cc(F)ccc2O)CC1. The number of halogens is 1. The molecule has 2 N–H and O–H groups in total. The Morgan fingerprint density at radius 1 is 1.26 bits per heavy atom. The van der Waals surface area contributed by atoms with Crippen LogP contribution in [0.2, 0.25) is 0 Å². The van der Waals surface area contributed by atoms with Crippen LogP contribution in [0.3, 0.4) is 0 Å². The molecule has 1 aromatic rings. The van der Waals surface area contributed by atoms with Crippen LogP contribution in [0.15, 0.2) is 18.2 Å². The van der Waals surface area contributed by atoms with Crippen LogP contribution in [-0.2, 0) is 6.54 Å². The maximum absolute atomic E-state index is 13.0. The number of aromatic hydroxyl groups is 1. The van der Waals surface area contributed by atoms with Gasteiger partial charge in [0, 0.05) is 12.1 Å². The van der Waals surface area contributed by atoms with Crippen LogP contribution in [0.4, 0.5) is 4.39 Å². The quantitative estimate of drug-likeness (QED) is 0.793. The summed E-state index contributed by atoms with van der Waals surface area (Å²) in [5, 5.41) is 12.9. The van der Waals surface area contributed by atoms with Crippen LogP contribution >= 0.6 is 0 Å². The van der Waals surface area contributed by atoms with Gasteiger partial charge in [-0.2, -0.15) is 0 Å². The first-order chi connectivity index (χ1) is 9.15. The van der Waals surface area contributed by atoms with Gasteiger partial charge in [-0.25, -0.2) is 4.39 Å². The second-order valence-corrected chi connectivity index (χ2v) is 5.86. The fraction of sp³-hybridized carbons (Fsp3) is 0.625. The van der Waals surface area contributed by atoms with Crippen molar-refractivity contribution in [2.75, 3.05) is 6.54 Å². The predicted molar refractivity (Wildman–Crippen MR) is 75.5 cm³/mol. The van der Waals surface area contributed by atoms with Gasteiger partial charge in [0.15, 0.2) is 0 Å². The highest BCUT2D eigenvalue weighted by Gasteiger charge is 2.17. The molecule has 0 saturated heterocycles. The summed E-state index contributed by atoms with van der Waals surface area (Å²) in [7, 11) is 0. The van der Waals surface area contributed by atoms with Gasteiger partial charge in [-0.3, -0.25) is 0 Å². The Morgan fingerprint density at radius 2 is 2.00 bits per heavy atom. The fourth-order valence-corrected chi connectivity index (χ4v) is 2.84. The van der Waals surface area contributed by atoms with Gasteiger partial charge in [-0.1, -0.05) is 32.6 Å². The van der Waals surface area contributed by atoms with Crippen LogP contribution in [0.5, 0.6) is 5.75 Å². The number of hydrogen-bond donors (Lipinski definition) is 2. The topological polar surface area (TPSA) is 32.3 Å². The molecule has 0 aliphatic heterocycles. The van der Waals surface area contributed by atoms with E-state index in [1.54, 1.807) is 0 Å². The Hall–Kier alpha value is -1.09. The summed E-state index contributed by atoms with van der Waals surface area (Å²) in [4.78, 5) is 0. The standard InChI is InChI=1S/C16H24FNO/c1-12-2-4-13(5-3-12)8-9-18-11-14-10-15(17)6-7-16(14)19/h6-7,10,12-13,18-19H,2-5,8-9,11H2,1H3. The van der Waals surface area contributed by atoms with Crippen LogP contribution in [-0.4, -0.2) is 11.7 Å². The second kappa shape index (κ2) is 6.90. The molecule has 1 fully saturated rings. The number of nitrogens with one attached hydrogen (secondary N) is 1. The van der Waals surface area contributed by atoms with E-state index < -0.39 is 0 Å². The first kappa shape index (κ1) is 14.3. The van der Waals surface area contributed by atoms with Crippen molar-refractivity contribution < 1.29 is 9.50 Å². The average molecular weight is 265 g/mol. The largest absolute Gasteiger partial charge is 0.508 e. The molecule has 0 unspecified atom stereocenters. The molecular formula is C16H24FNO. The van der Waals surface area contributed by atoms with Gasteiger partial charge < -0.3 is 10.4 Å². The summed E-state index contributed by atoms with van der Waals surface area (Å²) in [5.74, 6) is 1.61. The number of rotatable bonds is 5. The summed E-state index contributed by atoms with van der Waals surface area (Å²) in [6.07, 6.45) is 6.58. The smallest absolute Gasteiger partial charge is 0.123 e. The molecule has 3 heteroatoms. The molecule has 1 aliphatic carbocycles. The van der Waals surface area contributed by atoms with E-state index in [1.165, 1.54) is 50.3 Å². The Labute approximate surface area is 115 Å². The lowest BCUT2D eigenvalue weighted by Gasteiger charge is -2.26. The molecule has 19 heavy (non-hydrogen) atoms.